The lowest BCUT2D eigenvalue weighted by Gasteiger charge is -2.33. The molecule has 3 nitrogen and oxygen atoms in total. The number of hydrogen-bond donors (Lipinski definition) is 1. The van der Waals surface area contributed by atoms with E-state index in [1.807, 2.05) is 13.8 Å². The highest BCUT2D eigenvalue weighted by Crippen LogP contribution is 2.31. The van der Waals surface area contributed by atoms with Gasteiger partial charge in [-0.15, -0.1) is 0 Å². The van der Waals surface area contributed by atoms with E-state index in [1.54, 1.807) is 18.2 Å². The van der Waals surface area contributed by atoms with Crippen molar-refractivity contribution in [3.63, 3.8) is 0 Å². The molecular weight excluding hydrogens is 350 g/mol. The predicted molar refractivity (Wildman–Crippen MR) is 111 cm³/mol. The number of amides is 1. The molecular formula is C20H34ClNO2Si. The lowest BCUT2D eigenvalue weighted by Crippen LogP contribution is -2.45. The van der Waals surface area contributed by atoms with Crippen LogP contribution in [0.4, 0.5) is 0 Å². The van der Waals surface area contributed by atoms with Crippen LogP contribution in [0.2, 0.25) is 30.7 Å². The summed E-state index contributed by atoms with van der Waals surface area (Å²) in [6, 6.07) is 6.36. The minimum Gasteiger partial charge on any atom is -0.491 e. The molecule has 0 radical (unpaired) electrons. The van der Waals surface area contributed by atoms with Gasteiger partial charge in [-0.2, -0.15) is 0 Å². The van der Waals surface area contributed by atoms with E-state index >= 15 is 0 Å². The van der Waals surface area contributed by atoms with Crippen molar-refractivity contribution < 1.29 is 9.53 Å². The molecule has 142 valence electrons. The summed E-state index contributed by atoms with van der Waals surface area (Å²) in [4.78, 5) is 12.8. The topological polar surface area (TPSA) is 38.3 Å². The zero-order valence-electron chi connectivity index (χ0n) is 17.0. The fourth-order valence-electron chi connectivity index (χ4n) is 3.04. The second kappa shape index (κ2) is 8.13. The second-order valence-corrected chi connectivity index (χ2v) is 15.9. The van der Waals surface area contributed by atoms with Crippen molar-refractivity contribution in [1.29, 1.82) is 0 Å². The maximum absolute atomic E-state index is 12.8. The Balaban J connectivity index is 2.93. The van der Waals surface area contributed by atoms with Gasteiger partial charge in [0.25, 0.3) is 5.91 Å². The highest BCUT2D eigenvalue weighted by molar-refractivity contribution is 6.76. The van der Waals surface area contributed by atoms with Crippen molar-refractivity contribution in [3.05, 3.63) is 28.8 Å². The SMILES string of the molecule is CC(C)(C)CC(C)(C)NC(=O)c1cccc(Cl)c1OCC[Si](C)(C)C. The third kappa shape index (κ3) is 8.28. The number of ether oxygens (including phenoxy) is 1. The fraction of sp³-hybridized carbons (Fsp3) is 0.650. The molecule has 0 aromatic heterocycles. The highest BCUT2D eigenvalue weighted by atomic mass is 35.5. The minimum absolute atomic E-state index is 0.127. The number of para-hydroxylation sites is 1. The molecule has 5 heteroatoms. The van der Waals surface area contributed by atoms with Crippen molar-refractivity contribution in [1.82, 2.24) is 5.32 Å². The van der Waals surface area contributed by atoms with Crippen molar-refractivity contribution in [3.8, 4) is 5.75 Å². The molecule has 1 amide bonds. The van der Waals surface area contributed by atoms with E-state index < -0.39 is 8.07 Å². The van der Waals surface area contributed by atoms with Crippen LogP contribution in [0.25, 0.3) is 0 Å². The van der Waals surface area contributed by atoms with Crippen LogP contribution in [-0.2, 0) is 0 Å². The van der Waals surface area contributed by atoms with E-state index in [1.165, 1.54) is 0 Å². The summed E-state index contributed by atoms with van der Waals surface area (Å²) in [5, 5.41) is 3.62. The third-order valence-corrected chi connectivity index (χ3v) is 5.74. The van der Waals surface area contributed by atoms with Crippen molar-refractivity contribution in [2.24, 2.45) is 5.41 Å². The number of nitrogens with one attached hydrogen (secondary N) is 1. The van der Waals surface area contributed by atoms with Gasteiger partial charge in [0, 0.05) is 13.6 Å². The molecule has 0 fully saturated rings. The zero-order chi connectivity index (χ0) is 19.5. The maximum atomic E-state index is 12.8. The quantitative estimate of drug-likeness (QED) is 0.586. The second-order valence-electron chi connectivity index (χ2n) is 9.85. The van der Waals surface area contributed by atoms with E-state index in [9.17, 15) is 4.79 Å². The summed E-state index contributed by atoms with van der Waals surface area (Å²) in [7, 11) is -1.21. The van der Waals surface area contributed by atoms with E-state index in [0.29, 0.717) is 22.9 Å². The summed E-state index contributed by atoms with van der Waals surface area (Å²) < 4.78 is 5.92. The molecule has 0 aliphatic rings. The van der Waals surface area contributed by atoms with Crippen LogP contribution in [0.15, 0.2) is 18.2 Å². The first-order valence-electron chi connectivity index (χ1n) is 8.94. The summed E-state index contributed by atoms with van der Waals surface area (Å²) in [5.74, 6) is 0.353. The van der Waals surface area contributed by atoms with Crippen molar-refractivity contribution in [2.75, 3.05) is 6.61 Å². The monoisotopic (exact) mass is 383 g/mol. The highest BCUT2D eigenvalue weighted by Gasteiger charge is 2.28. The molecule has 0 aliphatic heterocycles. The van der Waals surface area contributed by atoms with Gasteiger partial charge in [0.05, 0.1) is 17.2 Å². The molecule has 0 spiro atoms. The van der Waals surface area contributed by atoms with Crippen LogP contribution in [-0.4, -0.2) is 26.1 Å². The molecule has 0 unspecified atom stereocenters. The van der Waals surface area contributed by atoms with Crippen LogP contribution < -0.4 is 10.1 Å². The normalized spacial score (nSPS) is 12.8. The van der Waals surface area contributed by atoms with Gasteiger partial charge in [-0.3, -0.25) is 4.79 Å². The van der Waals surface area contributed by atoms with Crippen molar-refractivity contribution >= 4 is 25.6 Å². The standard InChI is InChI=1S/C20H34ClNO2Si/c1-19(2,3)14-20(4,5)22-18(23)15-10-9-11-16(21)17(15)24-12-13-25(6,7)8/h9-11H,12-14H2,1-8H3,(H,22,23). The number of hydrogen-bond acceptors (Lipinski definition) is 2. The third-order valence-electron chi connectivity index (χ3n) is 3.73. The number of rotatable bonds is 7. The van der Waals surface area contributed by atoms with Gasteiger partial charge < -0.3 is 10.1 Å². The Bertz CT molecular complexity index is 601. The van der Waals surface area contributed by atoms with Crippen LogP contribution in [0, 0.1) is 5.41 Å². The smallest absolute Gasteiger partial charge is 0.255 e. The van der Waals surface area contributed by atoms with E-state index in [0.717, 1.165) is 12.5 Å². The largest absolute Gasteiger partial charge is 0.491 e. The van der Waals surface area contributed by atoms with Crippen LogP contribution in [0.1, 0.15) is 51.4 Å². The molecule has 0 heterocycles. The Morgan fingerprint density at radius 2 is 1.76 bits per heavy atom. The van der Waals surface area contributed by atoms with Gasteiger partial charge in [0.15, 0.2) is 5.75 Å². The Morgan fingerprint density at radius 3 is 2.28 bits per heavy atom. The Labute approximate surface area is 159 Å². The van der Waals surface area contributed by atoms with E-state index in [2.05, 4.69) is 45.7 Å². The molecule has 1 N–H and O–H groups in total. The number of carbonyl (C=O) groups is 1. The first-order chi connectivity index (χ1) is 11.2. The lowest BCUT2D eigenvalue weighted by atomic mass is 9.81. The summed E-state index contributed by atoms with van der Waals surface area (Å²) in [6.45, 7) is 18.1. The van der Waals surface area contributed by atoms with Gasteiger partial charge in [0.1, 0.15) is 0 Å². The number of halogens is 1. The van der Waals surface area contributed by atoms with Gasteiger partial charge in [-0.05, 0) is 43.9 Å². The molecule has 1 rings (SSSR count). The molecule has 25 heavy (non-hydrogen) atoms. The van der Waals surface area contributed by atoms with Crippen LogP contribution >= 0.6 is 11.6 Å². The summed E-state index contributed by atoms with van der Waals surface area (Å²) >= 11 is 6.31. The maximum Gasteiger partial charge on any atom is 0.255 e. The van der Waals surface area contributed by atoms with Crippen LogP contribution in [0.5, 0.6) is 5.75 Å². The molecule has 1 aromatic rings. The van der Waals surface area contributed by atoms with E-state index in [-0.39, 0.29) is 16.9 Å². The molecule has 0 aliphatic carbocycles. The van der Waals surface area contributed by atoms with Gasteiger partial charge in [-0.25, -0.2) is 0 Å². The zero-order valence-corrected chi connectivity index (χ0v) is 18.8. The average Bonchev–Trinajstić information content (AvgIpc) is 2.35. The molecule has 1 aromatic carbocycles. The number of benzene rings is 1. The first-order valence-corrected chi connectivity index (χ1v) is 13.0. The summed E-state index contributed by atoms with van der Waals surface area (Å²) in [5.41, 5.74) is 0.319. The predicted octanol–water partition coefficient (Wildman–Crippen LogP) is 6.00. The first kappa shape index (κ1) is 22.0. The average molecular weight is 384 g/mol. The molecule has 0 saturated carbocycles. The Hall–Kier alpha value is -1.00. The van der Waals surface area contributed by atoms with Gasteiger partial charge >= 0.3 is 0 Å². The van der Waals surface area contributed by atoms with Crippen LogP contribution in [0.3, 0.4) is 0 Å². The van der Waals surface area contributed by atoms with E-state index in [4.69, 9.17) is 16.3 Å². The Kier molecular flexibility index (Phi) is 7.17. The van der Waals surface area contributed by atoms with Gasteiger partial charge in [0.2, 0.25) is 0 Å². The molecule has 0 saturated heterocycles. The van der Waals surface area contributed by atoms with Crippen molar-refractivity contribution in [2.45, 2.75) is 72.3 Å². The lowest BCUT2D eigenvalue weighted by molar-refractivity contribution is 0.0887. The molecule has 0 bridgehead atoms. The van der Waals surface area contributed by atoms with Gasteiger partial charge in [-0.1, -0.05) is 58.1 Å². The minimum atomic E-state index is -1.21. The Morgan fingerprint density at radius 1 is 1.16 bits per heavy atom. The molecule has 0 atom stereocenters. The summed E-state index contributed by atoms with van der Waals surface area (Å²) in [6.07, 6.45) is 0.873. The fourth-order valence-corrected chi connectivity index (χ4v) is 3.98. The number of carbonyl (C=O) groups excluding carboxylic acids is 1.